The monoisotopic (exact) mass is 633 g/mol. The summed E-state index contributed by atoms with van der Waals surface area (Å²) in [6, 6.07) is 4.92. The predicted molar refractivity (Wildman–Crippen MR) is 145 cm³/mol. The van der Waals surface area contributed by atoms with E-state index < -0.39 is 58.8 Å². The number of halogens is 7. The molecule has 2 aromatic rings. The van der Waals surface area contributed by atoms with E-state index in [1.807, 2.05) is 0 Å². The van der Waals surface area contributed by atoms with Crippen LogP contribution in [0.5, 0.6) is 0 Å². The van der Waals surface area contributed by atoms with E-state index in [9.17, 15) is 40.3 Å². The van der Waals surface area contributed by atoms with Crippen molar-refractivity contribution in [3.05, 3.63) is 70.0 Å². The number of amides is 2. The van der Waals surface area contributed by atoms with E-state index in [-0.39, 0.29) is 23.9 Å². The van der Waals surface area contributed by atoms with Gasteiger partial charge in [0.05, 0.1) is 16.5 Å². The summed E-state index contributed by atoms with van der Waals surface area (Å²) < 4.78 is 95.6. The minimum atomic E-state index is -5.06. The molecule has 0 saturated carbocycles. The van der Waals surface area contributed by atoms with E-state index in [1.165, 1.54) is 42.8 Å². The highest BCUT2D eigenvalue weighted by molar-refractivity contribution is 5.87. The fraction of sp³-hybridized carbons (Fsp3) is 0.533. The molecule has 2 fully saturated rings. The topological polar surface area (TPSA) is 73.3 Å². The van der Waals surface area contributed by atoms with E-state index >= 15 is 0 Å². The number of piperidine rings is 1. The first-order valence-electron chi connectivity index (χ1n) is 14.0. The Bertz CT molecular complexity index is 1360. The normalized spacial score (nSPS) is 20.4. The molecule has 0 radical (unpaired) electrons. The first-order valence-corrected chi connectivity index (χ1v) is 14.0. The number of hydrogen-bond acceptors (Lipinski definition) is 5. The Morgan fingerprint density at radius 2 is 1.52 bits per heavy atom. The fourth-order valence-electron chi connectivity index (χ4n) is 6.19. The molecule has 0 aliphatic carbocycles. The Kier molecular flexibility index (Phi) is 9.39. The average molecular weight is 634 g/mol. The maximum absolute atomic E-state index is 14.0. The second-order valence-corrected chi connectivity index (χ2v) is 12.0. The number of carbonyl (C=O) groups is 2. The zero-order valence-electron chi connectivity index (χ0n) is 24.6. The standard InChI is InChI=1S/C30H34F7N3O4/c1-17-9-21(31)5-6-23(17)24-15-39(22-13-40(14-22)26(41)16-44-43)8-7-25(24)38(4)27(42)28(2,3)18-10-19(29(32,33)34)12-20(11-18)30(35,36)37/h5-6,9-12,22,24-25,43H,7-8,13-16H2,1-4H3/t24-,25+/m0/s1. The van der Waals surface area contributed by atoms with Crippen molar-refractivity contribution < 1.29 is 50.5 Å². The first-order chi connectivity index (χ1) is 20.3. The van der Waals surface area contributed by atoms with Crippen LogP contribution in [-0.4, -0.2) is 83.7 Å². The molecule has 2 aliphatic rings. The quantitative estimate of drug-likeness (QED) is 0.249. The van der Waals surface area contributed by atoms with Crippen LogP contribution in [0.15, 0.2) is 36.4 Å². The summed E-state index contributed by atoms with van der Waals surface area (Å²) in [5.41, 5.74) is -3.82. The molecule has 0 bridgehead atoms. The molecule has 44 heavy (non-hydrogen) atoms. The van der Waals surface area contributed by atoms with Gasteiger partial charge in [-0.05, 0) is 74.2 Å². The molecule has 2 aromatic carbocycles. The van der Waals surface area contributed by atoms with Crippen molar-refractivity contribution in [3.63, 3.8) is 0 Å². The van der Waals surface area contributed by atoms with Crippen LogP contribution in [0.3, 0.4) is 0 Å². The van der Waals surface area contributed by atoms with Crippen molar-refractivity contribution >= 4 is 11.8 Å². The van der Waals surface area contributed by atoms with Gasteiger partial charge in [0, 0.05) is 51.2 Å². The van der Waals surface area contributed by atoms with Crippen molar-refractivity contribution in [1.29, 1.82) is 0 Å². The van der Waals surface area contributed by atoms with Gasteiger partial charge < -0.3 is 9.80 Å². The van der Waals surface area contributed by atoms with E-state index in [0.29, 0.717) is 50.3 Å². The summed E-state index contributed by atoms with van der Waals surface area (Å²) in [6.07, 6.45) is -9.72. The van der Waals surface area contributed by atoms with Gasteiger partial charge in [0.15, 0.2) is 6.61 Å². The zero-order chi connectivity index (χ0) is 32.8. The lowest BCUT2D eigenvalue weighted by Gasteiger charge is -2.51. The summed E-state index contributed by atoms with van der Waals surface area (Å²) in [6.45, 7) is 5.52. The highest BCUT2D eigenvalue weighted by atomic mass is 19.4. The van der Waals surface area contributed by atoms with Crippen molar-refractivity contribution in [2.75, 3.05) is 39.8 Å². The average Bonchev–Trinajstić information content (AvgIpc) is 2.90. The van der Waals surface area contributed by atoms with Gasteiger partial charge in [0.2, 0.25) is 5.91 Å². The van der Waals surface area contributed by atoms with Crippen LogP contribution in [0, 0.1) is 12.7 Å². The molecule has 0 unspecified atom stereocenters. The minimum Gasteiger partial charge on any atom is -0.341 e. The highest BCUT2D eigenvalue weighted by Crippen LogP contribution is 2.41. The Hall–Kier alpha value is -3.23. The number of aryl methyl sites for hydroxylation is 1. The third-order valence-corrected chi connectivity index (χ3v) is 8.82. The van der Waals surface area contributed by atoms with Crippen LogP contribution in [0.1, 0.15) is 54.0 Å². The maximum Gasteiger partial charge on any atom is 0.416 e. The van der Waals surface area contributed by atoms with Gasteiger partial charge in [-0.2, -0.15) is 26.3 Å². The molecule has 2 atom stereocenters. The smallest absolute Gasteiger partial charge is 0.341 e. The second-order valence-electron chi connectivity index (χ2n) is 12.0. The van der Waals surface area contributed by atoms with Gasteiger partial charge in [-0.25, -0.2) is 9.28 Å². The van der Waals surface area contributed by atoms with E-state index in [1.54, 1.807) is 13.0 Å². The van der Waals surface area contributed by atoms with Crippen LogP contribution in [0.25, 0.3) is 0 Å². The highest BCUT2D eigenvalue weighted by Gasteiger charge is 2.45. The van der Waals surface area contributed by atoms with E-state index in [0.717, 1.165) is 5.56 Å². The maximum atomic E-state index is 14.0. The van der Waals surface area contributed by atoms with Crippen LogP contribution in [0.4, 0.5) is 30.7 Å². The van der Waals surface area contributed by atoms with Gasteiger partial charge in [-0.3, -0.25) is 19.7 Å². The third-order valence-electron chi connectivity index (χ3n) is 8.82. The molecular weight excluding hydrogens is 599 g/mol. The van der Waals surface area contributed by atoms with E-state index in [2.05, 4.69) is 9.79 Å². The molecule has 2 heterocycles. The molecule has 2 aliphatic heterocycles. The lowest BCUT2D eigenvalue weighted by atomic mass is 9.78. The summed E-state index contributed by atoms with van der Waals surface area (Å²) in [5.74, 6) is -1.88. The zero-order valence-corrected chi connectivity index (χ0v) is 24.6. The van der Waals surface area contributed by atoms with Crippen LogP contribution >= 0.6 is 0 Å². The Morgan fingerprint density at radius 1 is 0.955 bits per heavy atom. The van der Waals surface area contributed by atoms with Crippen molar-refractivity contribution in [1.82, 2.24) is 14.7 Å². The number of rotatable bonds is 7. The van der Waals surface area contributed by atoms with Crippen LogP contribution < -0.4 is 0 Å². The number of benzene rings is 2. The molecule has 4 rings (SSSR count). The van der Waals surface area contributed by atoms with Crippen LogP contribution in [0.2, 0.25) is 0 Å². The predicted octanol–water partition coefficient (Wildman–Crippen LogP) is 5.47. The molecule has 7 nitrogen and oxygen atoms in total. The molecule has 2 amide bonds. The number of hydrogen-bond donors (Lipinski definition) is 1. The molecule has 0 spiro atoms. The minimum absolute atomic E-state index is 0.0230. The summed E-state index contributed by atoms with van der Waals surface area (Å²) in [5, 5.41) is 8.56. The summed E-state index contributed by atoms with van der Waals surface area (Å²) in [7, 11) is 1.48. The lowest BCUT2D eigenvalue weighted by Crippen LogP contribution is -2.65. The molecule has 2 saturated heterocycles. The summed E-state index contributed by atoms with van der Waals surface area (Å²) >= 11 is 0. The molecule has 1 N–H and O–H groups in total. The SMILES string of the molecule is Cc1cc(F)ccc1[C@@H]1CN(C2CN(C(=O)COO)C2)CC[C@H]1N(C)C(=O)C(C)(C)c1cc(C(F)(F)F)cc(C(F)(F)F)c1. The third kappa shape index (κ3) is 6.86. The second kappa shape index (κ2) is 12.3. The van der Waals surface area contributed by atoms with Gasteiger partial charge in [0.25, 0.3) is 5.91 Å². The molecule has 242 valence electrons. The molecule has 0 aromatic heterocycles. The molecular formula is C30H34F7N3O4. The largest absolute Gasteiger partial charge is 0.416 e. The number of likely N-dealkylation sites (tertiary alicyclic amines) is 2. The Morgan fingerprint density at radius 3 is 2.05 bits per heavy atom. The summed E-state index contributed by atoms with van der Waals surface area (Å²) in [4.78, 5) is 35.0. The van der Waals surface area contributed by atoms with Crippen LogP contribution in [-0.2, 0) is 32.2 Å². The van der Waals surface area contributed by atoms with Crippen molar-refractivity contribution in [3.8, 4) is 0 Å². The lowest BCUT2D eigenvalue weighted by molar-refractivity contribution is -0.242. The van der Waals surface area contributed by atoms with E-state index in [4.69, 9.17) is 5.26 Å². The van der Waals surface area contributed by atoms with Crippen molar-refractivity contribution in [2.24, 2.45) is 0 Å². The Labute approximate surface area is 250 Å². The van der Waals surface area contributed by atoms with Gasteiger partial charge in [-0.1, -0.05) is 6.07 Å². The number of alkyl halides is 6. The Balaban J connectivity index is 1.64. The number of carbonyl (C=O) groups excluding carboxylic acids is 2. The first kappa shape index (κ1) is 33.7. The van der Waals surface area contributed by atoms with Gasteiger partial charge >= 0.3 is 12.4 Å². The van der Waals surface area contributed by atoms with Gasteiger partial charge in [-0.15, -0.1) is 0 Å². The van der Waals surface area contributed by atoms with Gasteiger partial charge in [0.1, 0.15) is 5.82 Å². The number of likely N-dealkylation sites (N-methyl/N-ethyl adjacent to an activating group) is 1. The fourth-order valence-corrected chi connectivity index (χ4v) is 6.19. The number of nitrogens with zero attached hydrogens (tertiary/aromatic N) is 3. The molecule has 14 heteroatoms. The van der Waals surface area contributed by atoms with Crippen molar-refractivity contribution in [2.45, 2.75) is 63.0 Å².